The second kappa shape index (κ2) is 8.95. The lowest BCUT2D eigenvalue weighted by Crippen LogP contribution is -2.00. The maximum atomic E-state index is 13.0. The van der Waals surface area contributed by atoms with E-state index in [4.69, 9.17) is 37.4 Å². The van der Waals surface area contributed by atoms with Gasteiger partial charge in [0.05, 0.1) is 22.7 Å². The summed E-state index contributed by atoms with van der Waals surface area (Å²) in [6.45, 7) is 2.16. The van der Waals surface area contributed by atoms with Crippen molar-refractivity contribution in [1.29, 1.82) is 0 Å². The highest BCUT2D eigenvalue weighted by Crippen LogP contribution is 2.38. The lowest BCUT2D eigenvalue weighted by Gasteiger charge is -2.10. The number of halogens is 3. The zero-order valence-corrected chi connectivity index (χ0v) is 19.8. The Balaban J connectivity index is 1.59. The van der Waals surface area contributed by atoms with Gasteiger partial charge in [-0.2, -0.15) is 0 Å². The van der Waals surface area contributed by atoms with E-state index in [1.807, 2.05) is 37.3 Å². The van der Waals surface area contributed by atoms with Crippen LogP contribution in [0.25, 0.3) is 6.08 Å². The van der Waals surface area contributed by atoms with Crippen molar-refractivity contribution in [3.8, 4) is 17.2 Å². The summed E-state index contributed by atoms with van der Waals surface area (Å²) >= 11 is 15.5. The molecular weight excluding hydrogens is 503 g/mol. The Bertz CT molecular complexity index is 1220. The molecule has 1 heterocycles. The number of methoxy groups -OCH3 is 1. The Hall–Kier alpha value is -2.47. The minimum Gasteiger partial charge on any atom is -0.496 e. The van der Waals surface area contributed by atoms with Crippen molar-refractivity contribution >= 4 is 51.0 Å². The van der Waals surface area contributed by atoms with Crippen LogP contribution in [0.5, 0.6) is 17.2 Å². The van der Waals surface area contributed by atoms with Crippen LogP contribution in [0.1, 0.15) is 27.0 Å². The molecule has 158 valence electrons. The monoisotopic (exact) mass is 518 g/mol. The molecule has 31 heavy (non-hydrogen) atoms. The molecule has 7 heteroatoms. The van der Waals surface area contributed by atoms with Crippen molar-refractivity contribution < 1.29 is 19.0 Å². The maximum Gasteiger partial charge on any atom is 0.232 e. The first kappa shape index (κ1) is 21.8. The summed E-state index contributed by atoms with van der Waals surface area (Å²) in [5.74, 6) is 1.76. The van der Waals surface area contributed by atoms with E-state index in [-0.39, 0.29) is 11.5 Å². The molecule has 4 nitrogen and oxygen atoms in total. The predicted octanol–water partition coefficient (Wildman–Crippen LogP) is 7.27. The van der Waals surface area contributed by atoms with Crippen LogP contribution >= 0.6 is 39.1 Å². The van der Waals surface area contributed by atoms with Crippen LogP contribution < -0.4 is 14.2 Å². The van der Waals surface area contributed by atoms with E-state index in [1.54, 1.807) is 31.4 Å². The Morgan fingerprint density at radius 1 is 1.06 bits per heavy atom. The standard InChI is InChI=1S/C24H17BrCl2O4/c1-13-7-17(30-12-14-3-5-18(26)19(27)8-14)11-21-23(13)24(28)22(31-21)10-15-9-16(25)4-6-20(15)29-2/h3-11H,12H2,1-2H3/b22-10-. The highest BCUT2D eigenvalue weighted by molar-refractivity contribution is 9.10. The fraction of sp³-hybridized carbons (Fsp3) is 0.125. The van der Waals surface area contributed by atoms with Gasteiger partial charge in [0.2, 0.25) is 5.78 Å². The highest BCUT2D eigenvalue weighted by Gasteiger charge is 2.30. The molecule has 0 spiro atoms. The number of ether oxygens (including phenoxy) is 3. The van der Waals surface area contributed by atoms with Gasteiger partial charge in [-0.1, -0.05) is 45.2 Å². The molecule has 0 aliphatic carbocycles. The third kappa shape index (κ3) is 4.59. The largest absolute Gasteiger partial charge is 0.496 e. The maximum absolute atomic E-state index is 13.0. The van der Waals surface area contributed by atoms with E-state index >= 15 is 0 Å². The topological polar surface area (TPSA) is 44.8 Å². The van der Waals surface area contributed by atoms with Gasteiger partial charge in [0, 0.05) is 16.1 Å². The molecule has 0 amide bonds. The molecule has 4 rings (SSSR count). The molecule has 0 saturated heterocycles. The van der Waals surface area contributed by atoms with Crippen LogP contribution in [0.15, 0.2) is 58.8 Å². The summed E-state index contributed by atoms with van der Waals surface area (Å²) in [4.78, 5) is 13.0. The van der Waals surface area contributed by atoms with Crippen molar-refractivity contribution in [2.45, 2.75) is 13.5 Å². The van der Waals surface area contributed by atoms with Gasteiger partial charge in [0.1, 0.15) is 23.9 Å². The van der Waals surface area contributed by atoms with E-state index in [1.165, 1.54) is 0 Å². The normalized spacial score (nSPS) is 13.8. The van der Waals surface area contributed by atoms with Crippen molar-refractivity contribution in [2.24, 2.45) is 0 Å². The van der Waals surface area contributed by atoms with Crippen LogP contribution in [0, 0.1) is 6.92 Å². The summed E-state index contributed by atoms with van der Waals surface area (Å²) < 4.78 is 18.0. The van der Waals surface area contributed by atoms with Gasteiger partial charge in [-0.05, 0) is 60.5 Å². The molecule has 1 aliphatic rings. The number of Topliss-reactive ketones (excluding diaryl/α,β-unsaturated/α-hetero) is 1. The lowest BCUT2D eigenvalue weighted by atomic mass is 10.0. The van der Waals surface area contributed by atoms with Crippen LogP contribution in [-0.4, -0.2) is 12.9 Å². The van der Waals surface area contributed by atoms with Gasteiger partial charge in [-0.25, -0.2) is 0 Å². The number of benzene rings is 3. The summed E-state index contributed by atoms with van der Waals surface area (Å²) in [6, 6.07) is 14.4. The van der Waals surface area contributed by atoms with Gasteiger partial charge in [-0.15, -0.1) is 0 Å². The van der Waals surface area contributed by atoms with Crippen LogP contribution in [-0.2, 0) is 6.61 Å². The van der Waals surface area contributed by atoms with Gasteiger partial charge in [-0.3, -0.25) is 4.79 Å². The first-order valence-electron chi connectivity index (χ1n) is 9.35. The van der Waals surface area contributed by atoms with Gasteiger partial charge in [0.25, 0.3) is 0 Å². The first-order valence-corrected chi connectivity index (χ1v) is 10.9. The van der Waals surface area contributed by atoms with E-state index in [2.05, 4.69) is 15.9 Å². The van der Waals surface area contributed by atoms with Crippen LogP contribution in [0.4, 0.5) is 0 Å². The summed E-state index contributed by atoms with van der Waals surface area (Å²) in [5, 5.41) is 0.965. The molecule has 0 aromatic heterocycles. The third-order valence-corrected chi connectivity index (χ3v) is 6.04. The van der Waals surface area contributed by atoms with Crippen molar-refractivity contribution in [1.82, 2.24) is 0 Å². The molecule has 0 N–H and O–H groups in total. The Morgan fingerprint density at radius 3 is 2.61 bits per heavy atom. The van der Waals surface area contributed by atoms with Gasteiger partial charge < -0.3 is 14.2 Å². The minimum atomic E-state index is -0.175. The number of hydrogen-bond donors (Lipinski definition) is 0. The smallest absolute Gasteiger partial charge is 0.232 e. The fourth-order valence-corrected chi connectivity index (χ4v) is 4.02. The van der Waals surface area contributed by atoms with Crippen LogP contribution in [0.2, 0.25) is 10.0 Å². The number of fused-ring (bicyclic) bond motifs is 1. The van der Waals surface area contributed by atoms with Gasteiger partial charge >= 0.3 is 0 Å². The molecule has 0 unspecified atom stereocenters. The van der Waals surface area contributed by atoms with Gasteiger partial charge in [0.15, 0.2) is 5.76 Å². The van der Waals surface area contributed by atoms with Crippen molar-refractivity contribution in [2.75, 3.05) is 7.11 Å². The summed E-state index contributed by atoms with van der Waals surface area (Å²) in [6.07, 6.45) is 1.68. The molecule has 0 atom stereocenters. The predicted molar refractivity (Wildman–Crippen MR) is 126 cm³/mol. The molecule has 0 radical (unpaired) electrons. The minimum absolute atomic E-state index is 0.175. The molecule has 0 bridgehead atoms. The van der Waals surface area contributed by atoms with E-state index in [9.17, 15) is 4.79 Å². The molecule has 1 aliphatic heterocycles. The first-order chi connectivity index (χ1) is 14.9. The average molecular weight is 520 g/mol. The zero-order valence-electron chi connectivity index (χ0n) is 16.7. The summed E-state index contributed by atoms with van der Waals surface area (Å²) in [7, 11) is 1.58. The van der Waals surface area contributed by atoms with E-state index in [0.717, 1.165) is 21.2 Å². The fourth-order valence-electron chi connectivity index (χ4n) is 3.32. The highest BCUT2D eigenvalue weighted by atomic mass is 79.9. The number of ketones is 1. The lowest BCUT2D eigenvalue weighted by molar-refractivity contribution is 0.101. The number of carbonyl (C=O) groups is 1. The molecule has 0 fully saturated rings. The number of hydrogen-bond acceptors (Lipinski definition) is 4. The molecule has 0 saturated carbocycles. The van der Waals surface area contributed by atoms with E-state index in [0.29, 0.717) is 39.5 Å². The Labute approximate surface area is 198 Å². The number of allylic oxidation sites excluding steroid dienone is 1. The Kier molecular flexibility index (Phi) is 6.28. The summed E-state index contributed by atoms with van der Waals surface area (Å²) in [5.41, 5.74) is 2.92. The quantitative estimate of drug-likeness (QED) is 0.332. The molecular formula is C24H17BrCl2O4. The molecule has 3 aromatic rings. The second-order valence-electron chi connectivity index (χ2n) is 6.98. The van der Waals surface area contributed by atoms with Crippen molar-refractivity contribution in [3.05, 3.63) is 91.1 Å². The zero-order chi connectivity index (χ0) is 22.1. The van der Waals surface area contributed by atoms with Crippen LogP contribution in [0.3, 0.4) is 0 Å². The average Bonchev–Trinajstić information content (AvgIpc) is 3.05. The number of rotatable bonds is 5. The number of carbonyl (C=O) groups excluding carboxylic acids is 1. The van der Waals surface area contributed by atoms with Crippen molar-refractivity contribution in [3.63, 3.8) is 0 Å². The second-order valence-corrected chi connectivity index (χ2v) is 8.71. The molecule has 3 aromatic carbocycles. The third-order valence-electron chi connectivity index (χ3n) is 4.81. The SMILES string of the molecule is COc1ccc(Br)cc1/C=C1\Oc2cc(OCc3ccc(Cl)c(Cl)c3)cc(C)c2C1=O. The number of aryl methyl sites for hydroxylation is 1. The van der Waals surface area contributed by atoms with E-state index < -0.39 is 0 Å². The Morgan fingerprint density at radius 2 is 1.87 bits per heavy atom.